The van der Waals surface area contributed by atoms with Crippen molar-refractivity contribution < 1.29 is 12.8 Å². The van der Waals surface area contributed by atoms with Gasteiger partial charge < -0.3 is 15.5 Å². The summed E-state index contributed by atoms with van der Waals surface area (Å²) in [6.45, 7) is 10.7. The first-order valence-corrected chi connectivity index (χ1v) is 14.7. The summed E-state index contributed by atoms with van der Waals surface area (Å²) in [5.41, 5.74) is 1.41. The Bertz CT molecular complexity index is 1230. The smallest absolute Gasteiger partial charge is 0.229 e. The van der Waals surface area contributed by atoms with Crippen molar-refractivity contribution in [2.24, 2.45) is 0 Å². The summed E-state index contributed by atoms with van der Waals surface area (Å²) >= 11 is 6.58. The molecule has 3 heterocycles. The zero-order chi connectivity index (χ0) is 27.2. The molecule has 0 atom stereocenters. The third-order valence-corrected chi connectivity index (χ3v) is 9.25. The molecule has 0 spiro atoms. The molecule has 1 aromatic carbocycles. The summed E-state index contributed by atoms with van der Waals surface area (Å²) < 4.78 is 39.7. The fraction of sp³-hybridized carbons (Fsp3) is 0.600. The third kappa shape index (κ3) is 6.27. The van der Waals surface area contributed by atoms with Gasteiger partial charge in [-0.3, -0.25) is 4.90 Å². The first-order chi connectivity index (χ1) is 17.2. The molecule has 2 aliphatic heterocycles. The van der Waals surface area contributed by atoms with Crippen molar-refractivity contribution in [2.45, 2.75) is 57.7 Å². The van der Waals surface area contributed by atoms with E-state index in [1.165, 1.54) is 16.8 Å². The van der Waals surface area contributed by atoms with Gasteiger partial charge in [0.2, 0.25) is 16.0 Å². The van der Waals surface area contributed by atoms with Gasteiger partial charge >= 0.3 is 0 Å². The molecule has 204 valence electrons. The maximum atomic E-state index is 14.7. The van der Waals surface area contributed by atoms with Gasteiger partial charge in [-0.15, -0.1) is 0 Å². The Morgan fingerprint density at radius 1 is 1.08 bits per heavy atom. The summed E-state index contributed by atoms with van der Waals surface area (Å²) in [6, 6.07) is 5.56. The zero-order valence-corrected chi connectivity index (χ0v) is 23.9. The molecule has 37 heavy (non-hydrogen) atoms. The second kappa shape index (κ2) is 10.2. The molecule has 2 aromatic rings. The van der Waals surface area contributed by atoms with Crippen molar-refractivity contribution >= 4 is 44.8 Å². The van der Waals surface area contributed by atoms with Crippen molar-refractivity contribution in [3.05, 3.63) is 35.2 Å². The van der Waals surface area contributed by atoms with Crippen LogP contribution in [-0.4, -0.2) is 84.2 Å². The zero-order valence-electron chi connectivity index (χ0n) is 22.3. The van der Waals surface area contributed by atoms with Gasteiger partial charge in [0.05, 0.1) is 23.2 Å². The third-order valence-electron chi connectivity index (χ3n) is 7.64. The number of hydrogen-bond donors (Lipinski definition) is 2. The molecule has 0 unspecified atom stereocenters. The normalized spacial score (nSPS) is 21.1. The van der Waals surface area contributed by atoms with E-state index in [1.807, 2.05) is 12.1 Å². The standard InChI is InChI=1S/C25H37ClFN7O2S/c1-24(2)14-18(15-25(3,4)32(24)5)29-22-20(27)16-28-23(31-22)30-17-7-8-21(19(26)13-17)33-9-11-34(12-10-33)37(6,35)36/h7-8,13,16,18H,9-12,14-15H2,1-6H3,(H2,28,29,30,31). The molecule has 9 nitrogen and oxygen atoms in total. The van der Waals surface area contributed by atoms with E-state index < -0.39 is 15.8 Å². The lowest BCUT2D eigenvalue weighted by Gasteiger charge is -2.53. The van der Waals surface area contributed by atoms with Gasteiger partial charge in [0.25, 0.3) is 0 Å². The maximum Gasteiger partial charge on any atom is 0.229 e. The number of aromatic nitrogens is 2. The summed E-state index contributed by atoms with van der Waals surface area (Å²) in [6.07, 6.45) is 4.10. The fourth-order valence-corrected chi connectivity index (χ4v) is 6.55. The van der Waals surface area contributed by atoms with Gasteiger partial charge in [0.15, 0.2) is 11.6 Å². The topological polar surface area (TPSA) is 93.7 Å². The highest BCUT2D eigenvalue weighted by molar-refractivity contribution is 7.88. The van der Waals surface area contributed by atoms with Crippen LogP contribution in [0.2, 0.25) is 5.02 Å². The molecule has 0 aliphatic carbocycles. The second-order valence-corrected chi connectivity index (χ2v) is 13.7. The Kier molecular flexibility index (Phi) is 7.64. The Morgan fingerprint density at radius 3 is 2.27 bits per heavy atom. The minimum Gasteiger partial charge on any atom is -0.368 e. The molecule has 2 aliphatic rings. The van der Waals surface area contributed by atoms with Crippen LogP contribution in [0.4, 0.5) is 27.5 Å². The van der Waals surface area contributed by atoms with Crippen LogP contribution in [0.1, 0.15) is 40.5 Å². The Hall–Kier alpha value is -2.21. The molecule has 2 N–H and O–H groups in total. The van der Waals surface area contributed by atoms with Crippen molar-refractivity contribution in [1.29, 1.82) is 0 Å². The van der Waals surface area contributed by atoms with Crippen LogP contribution in [0.3, 0.4) is 0 Å². The lowest BCUT2D eigenvalue weighted by Crippen LogP contribution is -2.61. The molecule has 12 heteroatoms. The van der Waals surface area contributed by atoms with Gasteiger partial charge in [-0.1, -0.05) is 11.6 Å². The van der Waals surface area contributed by atoms with Crippen LogP contribution in [0.25, 0.3) is 0 Å². The average molecular weight is 554 g/mol. The molecule has 0 bridgehead atoms. The lowest BCUT2D eigenvalue weighted by molar-refractivity contribution is -0.00778. The van der Waals surface area contributed by atoms with E-state index in [-0.39, 0.29) is 28.9 Å². The molecule has 2 saturated heterocycles. The summed E-state index contributed by atoms with van der Waals surface area (Å²) in [4.78, 5) is 13.0. The number of likely N-dealkylation sites (tertiary alicyclic amines) is 1. The van der Waals surface area contributed by atoms with E-state index in [1.54, 1.807) is 6.07 Å². The average Bonchev–Trinajstić information content (AvgIpc) is 2.79. The molecule has 2 fully saturated rings. The SMILES string of the molecule is CN1C(C)(C)CC(Nc2nc(Nc3ccc(N4CCN(S(C)(=O)=O)CC4)c(Cl)c3)ncc2F)CC1(C)C. The van der Waals surface area contributed by atoms with E-state index in [4.69, 9.17) is 11.6 Å². The first kappa shape index (κ1) is 27.8. The van der Waals surface area contributed by atoms with E-state index in [2.05, 4.69) is 65.1 Å². The summed E-state index contributed by atoms with van der Waals surface area (Å²) in [5, 5.41) is 6.95. The maximum absolute atomic E-state index is 14.7. The van der Waals surface area contributed by atoms with Crippen molar-refractivity contribution in [1.82, 2.24) is 19.2 Å². The van der Waals surface area contributed by atoms with Gasteiger partial charge in [-0.05, 0) is 65.8 Å². The summed E-state index contributed by atoms with van der Waals surface area (Å²) in [5.74, 6) is -0.0623. The van der Waals surface area contributed by atoms with Crippen LogP contribution in [0.15, 0.2) is 24.4 Å². The Labute approximate surface area is 224 Å². The molecule has 0 saturated carbocycles. The molecule has 1 aromatic heterocycles. The van der Waals surface area contributed by atoms with Gasteiger partial charge in [0, 0.05) is 49.0 Å². The van der Waals surface area contributed by atoms with E-state index in [0.717, 1.165) is 18.5 Å². The summed E-state index contributed by atoms with van der Waals surface area (Å²) in [7, 11) is -1.06. The molecule has 4 rings (SSSR count). The second-order valence-electron chi connectivity index (χ2n) is 11.3. The van der Waals surface area contributed by atoms with Crippen LogP contribution in [0.5, 0.6) is 0 Å². The van der Waals surface area contributed by atoms with Crippen LogP contribution < -0.4 is 15.5 Å². The number of nitrogens with one attached hydrogen (secondary N) is 2. The number of anilines is 4. The van der Waals surface area contributed by atoms with E-state index in [0.29, 0.717) is 36.9 Å². The highest BCUT2D eigenvalue weighted by atomic mass is 35.5. The molecule has 0 radical (unpaired) electrons. The minimum atomic E-state index is -3.20. The highest BCUT2D eigenvalue weighted by Gasteiger charge is 2.43. The monoisotopic (exact) mass is 553 g/mol. The number of piperidine rings is 1. The quantitative estimate of drug-likeness (QED) is 0.551. The first-order valence-electron chi connectivity index (χ1n) is 12.5. The number of piperazine rings is 1. The van der Waals surface area contributed by atoms with Gasteiger partial charge in [-0.2, -0.15) is 9.29 Å². The number of nitrogens with zero attached hydrogens (tertiary/aromatic N) is 5. The van der Waals surface area contributed by atoms with Crippen molar-refractivity contribution in [3.8, 4) is 0 Å². The number of halogens is 2. The number of sulfonamides is 1. The van der Waals surface area contributed by atoms with Crippen LogP contribution >= 0.6 is 11.6 Å². The Morgan fingerprint density at radius 2 is 1.70 bits per heavy atom. The van der Waals surface area contributed by atoms with Gasteiger partial charge in [-0.25, -0.2) is 17.8 Å². The largest absolute Gasteiger partial charge is 0.368 e. The fourth-order valence-electron chi connectivity index (χ4n) is 5.43. The van der Waals surface area contributed by atoms with Crippen molar-refractivity contribution in [3.63, 3.8) is 0 Å². The molecular formula is C25H37ClFN7O2S. The number of benzene rings is 1. The predicted molar refractivity (Wildman–Crippen MR) is 148 cm³/mol. The predicted octanol–water partition coefficient (Wildman–Crippen LogP) is 4.16. The molecule has 0 amide bonds. The van der Waals surface area contributed by atoms with Crippen LogP contribution in [0, 0.1) is 5.82 Å². The number of hydrogen-bond acceptors (Lipinski definition) is 8. The van der Waals surface area contributed by atoms with E-state index in [9.17, 15) is 12.8 Å². The van der Waals surface area contributed by atoms with Crippen molar-refractivity contribution in [2.75, 3.05) is 55.0 Å². The number of rotatable bonds is 6. The lowest BCUT2D eigenvalue weighted by atomic mass is 9.77. The van der Waals surface area contributed by atoms with Gasteiger partial charge in [0.1, 0.15) is 0 Å². The highest BCUT2D eigenvalue weighted by Crippen LogP contribution is 2.38. The molecular weight excluding hydrogens is 517 g/mol. The Balaban J connectivity index is 1.44. The van der Waals surface area contributed by atoms with Crippen LogP contribution in [-0.2, 0) is 10.0 Å². The van der Waals surface area contributed by atoms with E-state index >= 15 is 0 Å². The minimum absolute atomic E-state index is 0.0417.